The van der Waals surface area contributed by atoms with Crippen molar-refractivity contribution in [2.24, 2.45) is 0 Å². The number of para-hydroxylation sites is 1. The molecule has 20 heavy (non-hydrogen) atoms. The lowest BCUT2D eigenvalue weighted by Crippen LogP contribution is -1.95. The molecule has 0 saturated heterocycles. The first-order valence-electron chi connectivity index (χ1n) is 6.38. The molecule has 3 aromatic rings. The van der Waals surface area contributed by atoms with Crippen molar-refractivity contribution in [2.45, 2.75) is 13.8 Å². The predicted octanol–water partition coefficient (Wildman–Crippen LogP) is 3.49. The lowest BCUT2D eigenvalue weighted by Gasteiger charge is -2.02. The summed E-state index contributed by atoms with van der Waals surface area (Å²) in [6.45, 7) is 3.32. The van der Waals surface area contributed by atoms with Crippen molar-refractivity contribution < 1.29 is 9.59 Å². The molecule has 0 aliphatic carbocycles. The number of H-pyrrole nitrogens is 2. The summed E-state index contributed by atoms with van der Waals surface area (Å²) in [4.78, 5) is 29.4. The SMILES string of the molecule is CC(=O)c1c(C)[nH]c(C=O)c1-c1c[nH]c2ccccc12. The molecule has 2 N–H and O–H groups in total. The fourth-order valence-corrected chi connectivity index (χ4v) is 2.74. The van der Waals surface area contributed by atoms with E-state index in [1.54, 1.807) is 0 Å². The van der Waals surface area contributed by atoms with E-state index in [1.807, 2.05) is 37.4 Å². The minimum Gasteiger partial charge on any atom is -0.361 e. The van der Waals surface area contributed by atoms with Gasteiger partial charge in [-0.3, -0.25) is 9.59 Å². The number of aldehydes is 1. The van der Waals surface area contributed by atoms with E-state index < -0.39 is 0 Å². The molecule has 2 heterocycles. The molecule has 0 fully saturated rings. The number of rotatable bonds is 3. The van der Waals surface area contributed by atoms with Crippen molar-refractivity contribution in [3.8, 4) is 11.1 Å². The van der Waals surface area contributed by atoms with E-state index in [0.29, 0.717) is 16.8 Å². The molecule has 0 unspecified atom stereocenters. The molecule has 0 saturated carbocycles. The second-order valence-electron chi connectivity index (χ2n) is 4.84. The third-order valence-corrected chi connectivity index (χ3v) is 3.55. The van der Waals surface area contributed by atoms with Gasteiger partial charge in [-0.2, -0.15) is 0 Å². The number of carbonyl (C=O) groups is 2. The summed E-state index contributed by atoms with van der Waals surface area (Å²) in [7, 11) is 0. The normalized spacial score (nSPS) is 10.9. The first-order chi connectivity index (χ1) is 9.63. The quantitative estimate of drug-likeness (QED) is 0.563. The third-order valence-electron chi connectivity index (χ3n) is 3.55. The average molecular weight is 266 g/mol. The number of hydrogen-bond acceptors (Lipinski definition) is 2. The molecule has 0 spiro atoms. The van der Waals surface area contributed by atoms with Gasteiger partial charge in [0.05, 0.1) is 5.69 Å². The Morgan fingerprint density at radius 2 is 2.00 bits per heavy atom. The van der Waals surface area contributed by atoms with Gasteiger partial charge >= 0.3 is 0 Å². The van der Waals surface area contributed by atoms with Crippen molar-refractivity contribution in [1.82, 2.24) is 9.97 Å². The summed E-state index contributed by atoms with van der Waals surface area (Å²) in [6.07, 6.45) is 2.60. The number of aryl methyl sites for hydroxylation is 1. The van der Waals surface area contributed by atoms with Crippen LogP contribution in [0.4, 0.5) is 0 Å². The van der Waals surface area contributed by atoms with Crippen molar-refractivity contribution >= 4 is 23.0 Å². The van der Waals surface area contributed by atoms with Gasteiger partial charge in [-0.05, 0) is 19.9 Å². The lowest BCUT2D eigenvalue weighted by molar-refractivity contribution is 0.101. The Kier molecular flexibility index (Phi) is 2.79. The molecule has 4 heteroatoms. The number of aromatic amines is 2. The molecule has 1 aromatic carbocycles. The average Bonchev–Trinajstić information content (AvgIpc) is 2.98. The van der Waals surface area contributed by atoms with Crippen LogP contribution in [0, 0.1) is 6.92 Å². The third kappa shape index (κ3) is 1.69. The first kappa shape index (κ1) is 12.4. The zero-order valence-electron chi connectivity index (χ0n) is 11.3. The van der Waals surface area contributed by atoms with E-state index in [4.69, 9.17) is 0 Å². The molecule has 0 radical (unpaired) electrons. The van der Waals surface area contributed by atoms with Gasteiger partial charge < -0.3 is 9.97 Å². The summed E-state index contributed by atoms with van der Waals surface area (Å²) in [5.41, 5.74) is 4.28. The Balaban J connectivity index is 2.39. The highest BCUT2D eigenvalue weighted by Gasteiger charge is 2.21. The van der Waals surface area contributed by atoms with Crippen LogP contribution >= 0.6 is 0 Å². The van der Waals surface area contributed by atoms with Gasteiger partial charge in [0, 0.05) is 39.5 Å². The fraction of sp³-hybridized carbons (Fsp3) is 0.125. The van der Waals surface area contributed by atoms with E-state index >= 15 is 0 Å². The Bertz CT molecular complexity index is 824. The van der Waals surface area contributed by atoms with Gasteiger partial charge in [-0.25, -0.2) is 0 Å². The number of Topliss-reactive ketones (excluding diaryl/α,β-unsaturated/α-hetero) is 1. The monoisotopic (exact) mass is 266 g/mol. The molecule has 0 aliphatic heterocycles. The number of ketones is 1. The topological polar surface area (TPSA) is 65.7 Å². The van der Waals surface area contributed by atoms with Gasteiger partial charge in [-0.1, -0.05) is 18.2 Å². The smallest absolute Gasteiger partial charge is 0.166 e. The second-order valence-corrected chi connectivity index (χ2v) is 4.84. The number of nitrogens with one attached hydrogen (secondary N) is 2. The van der Waals surface area contributed by atoms with Crippen LogP contribution in [0.5, 0.6) is 0 Å². The number of carbonyl (C=O) groups excluding carboxylic acids is 2. The maximum absolute atomic E-state index is 11.9. The van der Waals surface area contributed by atoms with Gasteiger partial charge in [0.1, 0.15) is 0 Å². The standard InChI is InChI=1S/C16H14N2O2/c1-9-15(10(2)20)16(14(8-19)18-9)12-7-17-13-6-4-3-5-11(12)13/h3-8,17-18H,1-2H3. The van der Waals surface area contributed by atoms with Crippen LogP contribution in [-0.4, -0.2) is 22.0 Å². The molecule has 100 valence electrons. The van der Waals surface area contributed by atoms with Crippen molar-refractivity contribution in [3.63, 3.8) is 0 Å². The lowest BCUT2D eigenvalue weighted by atomic mass is 9.98. The van der Waals surface area contributed by atoms with Crippen LogP contribution in [0.3, 0.4) is 0 Å². The van der Waals surface area contributed by atoms with Crippen molar-refractivity contribution in [2.75, 3.05) is 0 Å². The highest BCUT2D eigenvalue weighted by atomic mass is 16.1. The van der Waals surface area contributed by atoms with Gasteiger partial charge in [0.15, 0.2) is 12.1 Å². The number of benzene rings is 1. The summed E-state index contributed by atoms with van der Waals surface area (Å²) in [6, 6.07) is 7.82. The zero-order chi connectivity index (χ0) is 14.3. The summed E-state index contributed by atoms with van der Waals surface area (Å²) >= 11 is 0. The minimum atomic E-state index is -0.0490. The van der Waals surface area contributed by atoms with Crippen LogP contribution in [-0.2, 0) is 0 Å². The van der Waals surface area contributed by atoms with E-state index in [2.05, 4.69) is 9.97 Å². The molecule has 0 amide bonds. The Morgan fingerprint density at radius 1 is 1.25 bits per heavy atom. The number of fused-ring (bicyclic) bond motifs is 1. The minimum absolute atomic E-state index is 0.0490. The largest absolute Gasteiger partial charge is 0.361 e. The molecule has 2 aromatic heterocycles. The van der Waals surface area contributed by atoms with E-state index in [1.165, 1.54) is 6.92 Å². The van der Waals surface area contributed by atoms with Crippen LogP contribution in [0.2, 0.25) is 0 Å². The molecule has 3 rings (SSSR count). The molecule has 0 atom stereocenters. The van der Waals surface area contributed by atoms with Crippen LogP contribution in [0.1, 0.15) is 33.5 Å². The maximum Gasteiger partial charge on any atom is 0.166 e. The zero-order valence-corrected chi connectivity index (χ0v) is 11.3. The van der Waals surface area contributed by atoms with Crippen molar-refractivity contribution in [1.29, 1.82) is 0 Å². The predicted molar refractivity (Wildman–Crippen MR) is 78.2 cm³/mol. The highest BCUT2D eigenvalue weighted by molar-refractivity contribution is 6.10. The summed E-state index contributed by atoms with van der Waals surface area (Å²) < 4.78 is 0. The van der Waals surface area contributed by atoms with E-state index in [0.717, 1.165) is 28.4 Å². The van der Waals surface area contributed by atoms with E-state index in [-0.39, 0.29) is 5.78 Å². The van der Waals surface area contributed by atoms with Gasteiger partial charge in [0.25, 0.3) is 0 Å². The highest BCUT2D eigenvalue weighted by Crippen LogP contribution is 2.34. The Labute approximate surface area is 115 Å². The second kappa shape index (κ2) is 4.49. The molecule has 4 nitrogen and oxygen atoms in total. The Hall–Kier alpha value is -2.62. The van der Waals surface area contributed by atoms with Crippen LogP contribution < -0.4 is 0 Å². The molecule has 0 aliphatic rings. The van der Waals surface area contributed by atoms with Gasteiger partial charge in [0.2, 0.25) is 0 Å². The summed E-state index contributed by atoms with van der Waals surface area (Å²) in [5.74, 6) is -0.0490. The van der Waals surface area contributed by atoms with Crippen LogP contribution in [0.25, 0.3) is 22.0 Å². The number of aromatic nitrogens is 2. The van der Waals surface area contributed by atoms with Gasteiger partial charge in [-0.15, -0.1) is 0 Å². The maximum atomic E-state index is 11.9. The van der Waals surface area contributed by atoms with Crippen LogP contribution in [0.15, 0.2) is 30.5 Å². The van der Waals surface area contributed by atoms with E-state index in [9.17, 15) is 9.59 Å². The Morgan fingerprint density at radius 3 is 2.70 bits per heavy atom. The molecule has 0 bridgehead atoms. The fourth-order valence-electron chi connectivity index (χ4n) is 2.74. The first-order valence-corrected chi connectivity index (χ1v) is 6.38. The van der Waals surface area contributed by atoms with Crippen molar-refractivity contribution in [3.05, 3.63) is 47.4 Å². The molecular weight excluding hydrogens is 252 g/mol. The summed E-state index contributed by atoms with van der Waals surface area (Å²) in [5, 5.41) is 0.997. The number of hydrogen-bond donors (Lipinski definition) is 2. The molecular formula is C16H14N2O2.